The summed E-state index contributed by atoms with van der Waals surface area (Å²) in [5, 5.41) is 4.30. The van der Waals surface area contributed by atoms with Gasteiger partial charge in [-0.15, -0.1) is 0 Å². The maximum absolute atomic E-state index is 12.9. The van der Waals surface area contributed by atoms with Crippen molar-refractivity contribution in [3.63, 3.8) is 0 Å². The van der Waals surface area contributed by atoms with Gasteiger partial charge in [0.1, 0.15) is 6.54 Å². The predicted molar refractivity (Wildman–Crippen MR) is 129 cm³/mol. The number of hydrogen-bond donors (Lipinski definition) is 1. The van der Waals surface area contributed by atoms with Crippen LogP contribution >= 0.6 is 0 Å². The Hall–Kier alpha value is -3.44. The number of nitrogens with one attached hydrogen (secondary N) is 1. The SMILES string of the molecule is O=C(Cn1c2ccccc2c(=O)c2ccccc21)NCc1ccc(CN2CCCC2)cc1. The Bertz CT molecular complexity index is 1260. The van der Waals surface area contributed by atoms with Crippen molar-refractivity contribution in [2.45, 2.75) is 32.5 Å². The molecule has 1 amide bonds. The first kappa shape index (κ1) is 20.5. The lowest BCUT2D eigenvalue weighted by Gasteiger charge is -2.16. The van der Waals surface area contributed by atoms with Crippen molar-refractivity contribution in [3.05, 3.63) is 94.1 Å². The van der Waals surface area contributed by atoms with Gasteiger partial charge in [-0.1, -0.05) is 48.5 Å². The van der Waals surface area contributed by atoms with E-state index in [0.717, 1.165) is 23.1 Å². The summed E-state index contributed by atoms with van der Waals surface area (Å²) in [6.45, 7) is 4.02. The van der Waals surface area contributed by atoms with E-state index in [4.69, 9.17) is 0 Å². The number of pyridine rings is 1. The van der Waals surface area contributed by atoms with Gasteiger partial charge >= 0.3 is 0 Å². The zero-order valence-corrected chi connectivity index (χ0v) is 18.1. The molecule has 32 heavy (non-hydrogen) atoms. The Labute approximate surface area is 187 Å². The third kappa shape index (κ3) is 4.16. The van der Waals surface area contributed by atoms with Crippen LogP contribution in [0.25, 0.3) is 21.8 Å². The van der Waals surface area contributed by atoms with Crippen LogP contribution in [0.2, 0.25) is 0 Å². The maximum Gasteiger partial charge on any atom is 0.240 e. The molecule has 162 valence electrons. The number of para-hydroxylation sites is 2. The van der Waals surface area contributed by atoms with Gasteiger partial charge in [-0.25, -0.2) is 0 Å². The van der Waals surface area contributed by atoms with Gasteiger partial charge in [-0.3, -0.25) is 14.5 Å². The molecule has 0 aliphatic carbocycles. The van der Waals surface area contributed by atoms with E-state index in [-0.39, 0.29) is 17.9 Å². The smallest absolute Gasteiger partial charge is 0.240 e. The molecule has 4 aromatic rings. The average Bonchev–Trinajstić information content (AvgIpc) is 3.34. The van der Waals surface area contributed by atoms with E-state index in [1.165, 1.54) is 31.5 Å². The summed E-state index contributed by atoms with van der Waals surface area (Å²) in [4.78, 5) is 28.2. The van der Waals surface area contributed by atoms with E-state index in [0.29, 0.717) is 17.3 Å². The minimum absolute atomic E-state index is 0.00174. The number of nitrogens with zero attached hydrogens (tertiary/aromatic N) is 2. The quantitative estimate of drug-likeness (QED) is 0.474. The highest BCUT2D eigenvalue weighted by Gasteiger charge is 2.13. The molecule has 0 unspecified atom stereocenters. The van der Waals surface area contributed by atoms with E-state index >= 15 is 0 Å². The zero-order valence-electron chi connectivity index (χ0n) is 18.1. The molecule has 0 radical (unpaired) electrons. The Balaban J connectivity index is 1.31. The number of likely N-dealkylation sites (tertiary alicyclic amines) is 1. The number of carbonyl (C=O) groups is 1. The fraction of sp³-hybridized carbons (Fsp3) is 0.259. The Kier molecular flexibility index (Phi) is 5.73. The van der Waals surface area contributed by atoms with Crippen molar-refractivity contribution in [2.24, 2.45) is 0 Å². The summed E-state index contributed by atoms with van der Waals surface area (Å²) in [5.74, 6) is -0.0786. The molecular formula is C27H27N3O2. The van der Waals surface area contributed by atoms with E-state index in [9.17, 15) is 9.59 Å². The second kappa shape index (κ2) is 8.97. The van der Waals surface area contributed by atoms with Crippen molar-refractivity contribution in [3.8, 4) is 0 Å². The molecule has 1 aliphatic rings. The van der Waals surface area contributed by atoms with Crippen LogP contribution in [0.15, 0.2) is 77.6 Å². The summed E-state index contributed by atoms with van der Waals surface area (Å²) in [6, 6.07) is 23.4. The predicted octanol–water partition coefficient (Wildman–Crippen LogP) is 4.07. The van der Waals surface area contributed by atoms with Gasteiger partial charge in [0.25, 0.3) is 0 Å². The highest BCUT2D eigenvalue weighted by molar-refractivity contribution is 5.94. The Morgan fingerprint density at radius 2 is 1.34 bits per heavy atom. The fourth-order valence-corrected chi connectivity index (χ4v) is 4.61. The van der Waals surface area contributed by atoms with Gasteiger partial charge in [0.2, 0.25) is 5.91 Å². The van der Waals surface area contributed by atoms with Crippen molar-refractivity contribution >= 4 is 27.7 Å². The molecule has 0 atom stereocenters. The van der Waals surface area contributed by atoms with Crippen LogP contribution in [0, 0.1) is 0 Å². The molecule has 1 saturated heterocycles. The first-order chi connectivity index (χ1) is 15.7. The molecular weight excluding hydrogens is 398 g/mol. The van der Waals surface area contributed by atoms with Gasteiger partial charge < -0.3 is 9.88 Å². The summed E-state index contributed by atoms with van der Waals surface area (Å²) < 4.78 is 1.93. The van der Waals surface area contributed by atoms with Crippen molar-refractivity contribution in [1.82, 2.24) is 14.8 Å². The topological polar surface area (TPSA) is 54.3 Å². The van der Waals surface area contributed by atoms with Crippen molar-refractivity contribution in [2.75, 3.05) is 13.1 Å². The first-order valence-electron chi connectivity index (χ1n) is 11.3. The van der Waals surface area contributed by atoms with Crippen LogP contribution in [-0.4, -0.2) is 28.5 Å². The number of carbonyl (C=O) groups excluding carboxylic acids is 1. The van der Waals surface area contributed by atoms with Gasteiger partial charge in [0.05, 0.1) is 11.0 Å². The van der Waals surface area contributed by atoms with Crippen molar-refractivity contribution in [1.29, 1.82) is 0 Å². The number of amides is 1. The van der Waals surface area contributed by atoms with Crippen LogP contribution in [0.3, 0.4) is 0 Å². The molecule has 5 rings (SSSR count). The van der Waals surface area contributed by atoms with Gasteiger partial charge in [-0.05, 0) is 61.3 Å². The minimum atomic E-state index is -0.0786. The Morgan fingerprint density at radius 3 is 1.97 bits per heavy atom. The summed E-state index contributed by atoms with van der Waals surface area (Å²) in [7, 11) is 0. The average molecular weight is 426 g/mol. The van der Waals surface area contributed by atoms with Gasteiger partial charge in [-0.2, -0.15) is 0 Å². The molecule has 5 heteroatoms. The van der Waals surface area contributed by atoms with Gasteiger partial charge in [0.15, 0.2) is 5.43 Å². The minimum Gasteiger partial charge on any atom is -0.350 e. The molecule has 1 aromatic heterocycles. The second-order valence-electron chi connectivity index (χ2n) is 8.53. The highest BCUT2D eigenvalue weighted by atomic mass is 16.2. The molecule has 1 fully saturated rings. The van der Waals surface area contributed by atoms with E-state index < -0.39 is 0 Å². The molecule has 2 heterocycles. The van der Waals surface area contributed by atoms with Gasteiger partial charge in [0, 0.05) is 23.9 Å². The lowest BCUT2D eigenvalue weighted by atomic mass is 10.1. The van der Waals surface area contributed by atoms with Crippen LogP contribution < -0.4 is 10.7 Å². The summed E-state index contributed by atoms with van der Waals surface area (Å²) in [5.41, 5.74) is 3.95. The number of rotatable bonds is 6. The third-order valence-electron chi connectivity index (χ3n) is 6.30. The normalized spacial score (nSPS) is 14.2. The molecule has 0 saturated carbocycles. The van der Waals surface area contributed by atoms with E-state index in [1.807, 2.05) is 53.1 Å². The third-order valence-corrected chi connectivity index (χ3v) is 6.30. The Morgan fingerprint density at radius 1 is 0.781 bits per heavy atom. The molecule has 0 spiro atoms. The number of hydrogen-bond acceptors (Lipinski definition) is 3. The second-order valence-corrected chi connectivity index (χ2v) is 8.53. The number of benzene rings is 3. The molecule has 0 bridgehead atoms. The van der Waals surface area contributed by atoms with Crippen LogP contribution in [0.5, 0.6) is 0 Å². The fourth-order valence-electron chi connectivity index (χ4n) is 4.61. The van der Waals surface area contributed by atoms with Crippen molar-refractivity contribution < 1.29 is 4.79 Å². The lowest BCUT2D eigenvalue weighted by Crippen LogP contribution is -2.28. The zero-order chi connectivity index (χ0) is 21.9. The van der Waals surface area contributed by atoms with Crippen LogP contribution in [-0.2, 0) is 24.4 Å². The number of aromatic nitrogens is 1. The van der Waals surface area contributed by atoms with E-state index in [2.05, 4.69) is 34.5 Å². The highest BCUT2D eigenvalue weighted by Crippen LogP contribution is 2.19. The van der Waals surface area contributed by atoms with Crippen LogP contribution in [0.1, 0.15) is 24.0 Å². The van der Waals surface area contributed by atoms with E-state index in [1.54, 1.807) is 0 Å². The summed E-state index contributed by atoms with van der Waals surface area (Å²) in [6.07, 6.45) is 2.59. The maximum atomic E-state index is 12.9. The lowest BCUT2D eigenvalue weighted by molar-refractivity contribution is -0.121. The first-order valence-corrected chi connectivity index (χ1v) is 11.3. The standard InChI is InChI=1S/C27H27N3O2/c31-26(28-17-20-11-13-21(14-12-20)18-29-15-5-6-16-29)19-30-24-9-3-1-7-22(24)27(32)23-8-2-4-10-25(23)30/h1-4,7-14H,5-6,15-19H2,(H,28,31). The molecule has 1 N–H and O–H groups in total. The summed E-state index contributed by atoms with van der Waals surface area (Å²) >= 11 is 0. The molecule has 3 aromatic carbocycles. The largest absolute Gasteiger partial charge is 0.350 e. The van der Waals surface area contributed by atoms with Crippen LogP contribution in [0.4, 0.5) is 0 Å². The molecule has 1 aliphatic heterocycles. The number of fused-ring (bicyclic) bond motifs is 2. The molecule has 5 nitrogen and oxygen atoms in total. The monoisotopic (exact) mass is 425 g/mol.